The molecule has 0 aliphatic heterocycles. The summed E-state index contributed by atoms with van der Waals surface area (Å²) in [6.07, 6.45) is 4.65. The van der Waals surface area contributed by atoms with Crippen molar-refractivity contribution >= 4 is 38.9 Å². The molecule has 2 N–H and O–H groups in total. The van der Waals surface area contributed by atoms with Crippen LogP contribution in [0.5, 0.6) is 0 Å². The second-order valence-corrected chi connectivity index (χ2v) is 10.2. The Morgan fingerprint density at radius 3 is 2.37 bits per heavy atom. The molecule has 35 heavy (non-hydrogen) atoms. The Morgan fingerprint density at radius 2 is 1.57 bits per heavy atom. The topological polar surface area (TPSA) is 87.6 Å². The first-order valence-electron chi connectivity index (χ1n) is 11.5. The molecule has 0 saturated heterocycles. The van der Waals surface area contributed by atoms with Gasteiger partial charge in [-0.1, -0.05) is 36.4 Å². The molecular weight excluding hydrogens is 454 g/mol. The number of thiophene rings is 1. The van der Waals surface area contributed by atoms with Crippen LogP contribution in [-0.2, 0) is 6.42 Å². The van der Waals surface area contributed by atoms with Gasteiger partial charge in [0.25, 0.3) is 5.78 Å². The van der Waals surface area contributed by atoms with E-state index < -0.39 is 0 Å². The Kier molecular flexibility index (Phi) is 4.37. The van der Waals surface area contributed by atoms with Crippen LogP contribution in [0.1, 0.15) is 21.1 Å². The molecular formula is C27H21N7S. The number of benzene rings is 2. The number of aromatic amines is 2. The third-order valence-corrected chi connectivity index (χ3v) is 7.45. The molecule has 0 bridgehead atoms. The number of aryl methyl sites for hydroxylation is 2. The zero-order valence-electron chi connectivity index (χ0n) is 19.2. The molecule has 0 saturated carbocycles. The predicted molar refractivity (Wildman–Crippen MR) is 140 cm³/mol. The number of para-hydroxylation sites is 2. The zero-order chi connectivity index (χ0) is 23.5. The van der Waals surface area contributed by atoms with E-state index >= 15 is 0 Å². The second-order valence-electron chi connectivity index (χ2n) is 8.75. The molecule has 0 unspecified atom stereocenters. The number of hydrogen-bond donors (Lipinski definition) is 2. The average molecular weight is 476 g/mol. The average Bonchev–Trinajstić information content (AvgIpc) is 3.64. The Morgan fingerprint density at radius 1 is 0.829 bits per heavy atom. The first-order valence-corrected chi connectivity index (χ1v) is 12.3. The van der Waals surface area contributed by atoms with Gasteiger partial charge in [-0.05, 0) is 37.6 Å². The van der Waals surface area contributed by atoms with Crippen molar-refractivity contribution in [1.29, 1.82) is 0 Å². The Hall–Kier alpha value is -4.30. The van der Waals surface area contributed by atoms with Gasteiger partial charge in [-0.2, -0.15) is 9.61 Å². The van der Waals surface area contributed by atoms with Gasteiger partial charge in [0.05, 0.1) is 0 Å². The molecule has 7 rings (SSSR count). The Bertz CT molecular complexity index is 1870. The number of nitrogens with zero attached hydrogens (tertiary/aromatic N) is 5. The summed E-state index contributed by atoms with van der Waals surface area (Å²) in [6.45, 7) is 4.26. The molecule has 7 aromatic rings. The maximum atomic E-state index is 5.11. The van der Waals surface area contributed by atoms with Gasteiger partial charge >= 0.3 is 0 Å². The van der Waals surface area contributed by atoms with E-state index in [1.54, 1.807) is 15.9 Å². The van der Waals surface area contributed by atoms with Crippen molar-refractivity contribution in [3.8, 4) is 22.5 Å². The summed E-state index contributed by atoms with van der Waals surface area (Å²) in [4.78, 5) is 14.2. The summed E-state index contributed by atoms with van der Waals surface area (Å²) < 4.78 is 1.79. The summed E-state index contributed by atoms with van der Waals surface area (Å²) >= 11 is 1.77. The van der Waals surface area contributed by atoms with Crippen LogP contribution in [0.15, 0.2) is 67.0 Å². The van der Waals surface area contributed by atoms with Crippen LogP contribution in [0, 0.1) is 13.8 Å². The van der Waals surface area contributed by atoms with Gasteiger partial charge in [0.1, 0.15) is 11.4 Å². The molecule has 2 aromatic carbocycles. The van der Waals surface area contributed by atoms with E-state index in [1.165, 1.54) is 15.1 Å². The molecule has 0 spiro atoms. The van der Waals surface area contributed by atoms with Gasteiger partial charge in [-0.25, -0.2) is 4.98 Å². The summed E-state index contributed by atoms with van der Waals surface area (Å²) in [5.41, 5.74) is 7.07. The predicted octanol–water partition coefficient (Wildman–Crippen LogP) is 6.09. The molecule has 0 aliphatic rings. The first kappa shape index (κ1) is 20.1. The highest BCUT2D eigenvalue weighted by Gasteiger charge is 2.22. The smallest absolute Gasteiger partial charge is 0.272 e. The van der Waals surface area contributed by atoms with Crippen molar-refractivity contribution in [3.05, 3.63) is 88.1 Å². The third kappa shape index (κ3) is 3.18. The quantitative estimate of drug-likeness (QED) is 0.323. The standard InChI is InChI=1S/C27H21N7S/c1-15-11-20(16(2)35-15)26-25(21-14-29-23-10-6-4-8-19(21)23)30-27-32-31-24(34(27)33-26)12-17-13-28-22-9-5-3-7-18(17)22/h3-11,13-14,28-29H,12H2,1-2H3. The SMILES string of the molecule is Cc1cc(-c2nn3c(Cc4c[nH]c5ccccc45)nnc3nc2-c2c[nH]c3ccccc23)c(C)s1. The van der Waals surface area contributed by atoms with E-state index in [2.05, 4.69) is 70.4 Å². The van der Waals surface area contributed by atoms with E-state index in [4.69, 9.17) is 10.1 Å². The van der Waals surface area contributed by atoms with Crippen molar-refractivity contribution in [2.24, 2.45) is 0 Å². The molecule has 0 fully saturated rings. The van der Waals surface area contributed by atoms with E-state index in [1.807, 2.05) is 30.6 Å². The maximum absolute atomic E-state index is 5.11. The minimum atomic E-state index is 0.494. The van der Waals surface area contributed by atoms with Crippen molar-refractivity contribution in [1.82, 2.24) is 34.8 Å². The minimum Gasteiger partial charge on any atom is -0.361 e. The summed E-state index contributed by atoms with van der Waals surface area (Å²) in [5.74, 6) is 1.25. The lowest BCUT2D eigenvalue weighted by Crippen LogP contribution is -2.05. The number of aromatic nitrogens is 7. The van der Waals surface area contributed by atoms with E-state index in [9.17, 15) is 0 Å². The molecule has 7 nitrogen and oxygen atoms in total. The molecule has 5 heterocycles. The molecule has 0 aliphatic carbocycles. The minimum absolute atomic E-state index is 0.494. The van der Waals surface area contributed by atoms with Gasteiger partial charge in [0.15, 0.2) is 5.82 Å². The van der Waals surface area contributed by atoms with Crippen LogP contribution in [0.4, 0.5) is 0 Å². The van der Waals surface area contributed by atoms with Gasteiger partial charge in [-0.3, -0.25) is 0 Å². The van der Waals surface area contributed by atoms with Crippen LogP contribution in [0.2, 0.25) is 0 Å². The van der Waals surface area contributed by atoms with Crippen LogP contribution in [0.3, 0.4) is 0 Å². The molecule has 0 amide bonds. The molecule has 0 radical (unpaired) electrons. The van der Waals surface area contributed by atoms with Crippen LogP contribution >= 0.6 is 11.3 Å². The van der Waals surface area contributed by atoms with Gasteiger partial charge in [0, 0.05) is 61.5 Å². The summed E-state index contributed by atoms with van der Waals surface area (Å²) in [5, 5.41) is 16.3. The normalized spacial score (nSPS) is 11.8. The van der Waals surface area contributed by atoms with Crippen LogP contribution in [-0.4, -0.2) is 34.8 Å². The number of rotatable bonds is 4. The fourth-order valence-electron chi connectivity index (χ4n) is 4.84. The third-order valence-electron chi connectivity index (χ3n) is 6.49. The lowest BCUT2D eigenvalue weighted by molar-refractivity contribution is 0.833. The largest absolute Gasteiger partial charge is 0.361 e. The molecule has 0 atom stereocenters. The van der Waals surface area contributed by atoms with Crippen molar-refractivity contribution in [3.63, 3.8) is 0 Å². The number of hydrogen-bond acceptors (Lipinski definition) is 5. The molecule has 5 aromatic heterocycles. The lowest BCUT2D eigenvalue weighted by atomic mass is 10.0. The van der Waals surface area contributed by atoms with Crippen molar-refractivity contribution < 1.29 is 0 Å². The van der Waals surface area contributed by atoms with Crippen LogP contribution < -0.4 is 0 Å². The van der Waals surface area contributed by atoms with Crippen molar-refractivity contribution in [2.45, 2.75) is 20.3 Å². The Balaban J connectivity index is 1.45. The van der Waals surface area contributed by atoms with Crippen molar-refractivity contribution in [2.75, 3.05) is 0 Å². The van der Waals surface area contributed by atoms with E-state index in [-0.39, 0.29) is 0 Å². The maximum Gasteiger partial charge on any atom is 0.272 e. The highest BCUT2D eigenvalue weighted by atomic mass is 32.1. The van der Waals surface area contributed by atoms with E-state index in [0.717, 1.165) is 50.3 Å². The highest BCUT2D eigenvalue weighted by molar-refractivity contribution is 7.12. The fourth-order valence-corrected chi connectivity index (χ4v) is 5.76. The molecule has 170 valence electrons. The van der Waals surface area contributed by atoms with Gasteiger partial charge in [-0.15, -0.1) is 21.5 Å². The monoisotopic (exact) mass is 475 g/mol. The number of H-pyrrole nitrogens is 2. The highest BCUT2D eigenvalue weighted by Crippen LogP contribution is 2.37. The van der Waals surface area contributed by atoms with Gasteiger partial charge < -0.3 is 9.97 Å². The van der Waals surface area contributed by atoms with E-state index in [0.29, 0.717) is 12.2 Å². The Labute approximate surface area is 204 Å². The second kappa shape index (κ2) is 7.61. The molecule has 8 heteroatoms. The zero-order valence-corrected chi connectivity index (χ0v) is 20.0. The summed E-state index contributed by atoms with van der Waals surface area (Å²) in [6, 6.07) is 18.7. The number of nitrogens with one attached hydrogen (secondary N) is 2. The van der Waals surface area contributed by atoms with Crippen LogP contribution in [0.25, 0.3) is 50.1 Å². The lowest BCUT2D eigenvalue weighted by Gasteiger charge is -2.09. The fraction of sp³-hybridized carbons (Fsp3) is 0.111. The first-order chi connectivity index (χ1) is 17.2. The number of fused-ring (bicyclic) bond motifs is 3. The summed E-state index contributed by atoms with van der Waals surface area (Å²) in [7, 11) is 0. The van der Waals surface area contributed by atoms with Gasteiger partial charge in [0.2, 0.25) is 0 Å².